The molecule has 3 rings (SSSR count). The summed E-state index contributed by atoms with van der Waals surface area (Å²) >= 11 is 14.0. The molecule has 0 saturated heterocycles. The van der Waals surface area contributed by atoms with Crippen molar-refractivity contribution in [3.05, 3.63) is 68.1 Å². The molecule has 0 aliphatic carbocycles. The molecule has 0 saturated carbocycles. The van der Waals surface area contributed by atoms with Crippen LogP contribution < -0.4 is 4.74 Å². The number of aryl methyl sites for hydroxylation is 2. The van der Waals surface area contributed by atoms with Crippen LogP contribution in [0.4, 0.5) is 0 Å². The second kappa shape index (κ2) is 10.5. The Hall–Kier alpha value is -2.41. The number of aromatic nitrogens is 1. The van der Waals surface area contributed by atoms with Crippen molar-refractivity contribution < 1.29 is 19.4 Å². The summed E-state index contributed by atoms with van der Waals surface area (Å²) in [6.07, 6.45) is 0.830. The summed E-state index contributed by atoms with van der Waals surface area (Å²) in [6, 6.07) is 10.4. The number of nitrogens with zero attached hydrogens (tertiary/aromatic N) is 1. The van der Waals surface area contributed by atoms with Gasteiger partial charge in [0.2, 0.25) is 0 Å². The first kappa shape index (κ1) is 24.2. The van der Waals surface area contributed by atoms with E-state index >= 15 is 0 Å². The molecule has 0 aliphatic rings. The molecule has 8 heteroatoms. The number of carbonyl (C=O) groups is 2. The van der Waals surface area contributed by atoms with Gasteiger partial charge in [-0.2, -0.15) is 0 Å². The number of halogens is 2. The number of ketones is 1. The van der Waals surface area contributed by atoms with Crippen molar-refractivity contribution in [3.63, 3.8) is 0 Å². The van der Waals surface area contributed by atoms with Crippen molar-refractivity contribution in [2.75, 3.05) is 6.61 Å². The topological polar surface area (TPSA) is 76.5 Å². The average molecular weight is 492 g/mol. The zero-order chi connectivity index (χ0) is 23.4. The number of benzene rings is 2. The minimum Gasteiger partial charge on any atom is -0.482 e. The minimum absolute atomic E-state index is 0.00772. The molecule has 5 nitrogen and oxygen atoms in total. The van der Waals surface area contributed by atoms with Gasteiger partial charge in [0.15, 0.2) is 12.4 Å². The fraction of sp³-hybridized carbons (Fsp3) is 0.292. The van der Waals surface area contributed by atoms with Gasteiger partial charge in [0, 0.05) is 27.4 Å². The van der Waals surface area contributed by atoms with E-state index in [2.05, 4.69) is 13.8 Å². The smallest absolute Gasteiger partial charge is 0.341 e. The van der Waals surface area contributed by atoms with Crippen molar-refractivity contribution in [1.82, 2.24) is 4.98 Å². The average Bonchev–Trinajstić information content (AvgIpc) is 3.15. The third kappa shape index (κ3) is 5.88. The second-order valence-corrected chi connectivity index (χ2v) is 9.57. The lowest BCUT2D eigenvalue weighted by atomic mass is 10.0. The van der Waals surface area contributed by atoms with Gasteiger partial charge in [-0.15, -0.1) is 11.3 Å². The van der Waals surface area contributed by atoms with Crippen LogP contribution in [0.15, 0.2) is 36.4 Å². The van der Waals surface area contributed by atoms with Crippen molar-refractivity contribution in [1.29, 1.82) is 0 Å². The maximum Gasteiger partial charge on any atom is 0.341 e. The summed E-state index contributed by atoms with van der Waals surface area (Å²) in [7, 11) is 0. The van der Waals surface area contributed by atoms with Gasteiger partial charge in [0.25, 0.3) is 0 Å². The van der Waals surface area contributed by atoms with E-state index in [0.29, 0.717) is 39.8 Å². The first-order valence-corrected chi connectivity index (χ1v) is 11.7. The molecular weight excluding hydrogens is 469 g/mol. The number of aliphatic carboxylic acids is 1. The summed E-state index contributed by atoms with van der Waals surface area (Å²) in [5.74, 6) is -0.333. The van der Waals surface area contributed by atoms with Gasteiger partial charge >= 0.3 is 5.97 Å². The van der Waals surface area contributed by atoms with Gasteiger partial charge in [-0.3, -0.25) is 4.79 Å². The van der Waals surface area contributed by atoms with Crippen molar-refractivity contribution in [3.8, 4) is 16.3 Å². The second-order valence-electron chi connectivity index (χ2n) is 7.69. The quantitative estimate of drug-likeness (QED) is 0.332. The van der Waals surface area contributed by atoms with Crippen LogP contribution >= 0.6 is 34.5 Å². The fourth-order valence-electron chi connectivity index (χ4n) is 3.27. The maximum absolute atomic E-state index is 12.8. The lowest BCUT2D eigenvalue weighted by molar-refractivity contribution is -0.139. The number of Topliss-reactive ketones (excluding diaryl/α,β-unsaturated/α-hetero) is 1. The molecule has 0 radical (unpaired) electrons. The highest BCUT2D eigenvalue weighted by Gasteiger charge is 2.19. The van der Waals surface area contributed by atoms with Crippen LogP contribution in [0, 0.1) is 6.92 Å². The lowest BCUT2D eigenvalue weighted by Gasteiger charge is -2.09. The summed E-state index contributed by atoms with van der Waals surface area (Å²) in [5.41, 5.74) is 3.01. The highest BCUT2D eigenvalue weighted by atomic mass is 35.5. The van der Waals surface area contributed by atoms with E-state index in [-0.39, 0.29) is 11.7 Å². The Morgan fingerprint density at radius 1 is 1.16 bits per heavy atom. The molecule has 1 heterocycles. The standard InChI is InChI=1S/C24H23Cl2NO4S/c1-13(2)23-19(27-24(32-23)17-6-5-16(25)11-18(17)26)7-8-20(28)15-4-9-21(14(3)10-15)31-12-22(29)30/h4-6,9-11,13H,7-8,12H2,1-3H3,(H,29,30). The third-order valence-electron chi connectivity index (χ3n) is 4.85. The zero-order valence-corrected chi connectivity index (χ0v) is 20.3. The van der Waals surface area contributed by atoms with Gasteiger partial charge in [-0.1, -0.05) is 37.0 Å². The molecule has 3 aromatic rings. The lowest BCUT2D eigenvalue weighted by Crippen LogP contribution is -2.10. The zero-order valence-electron chi connectivity index (χ0n) is 17.9. The van der Waals surface area contributed by atoms with Crippen LogP contribution in [0.5, 0.6) is 5.75 Å². The minimum atomic E-state index is -1.05. The van der Waals surface area contributed by atoms with Gasteiger partial charge < -0.3 is 9.84 Å². The van der Waals surface area contributed by atoms with Gasteiger partial charge in [0.05, 0.1) is 10.7 Å². The monoisotopic (exact) mass is 491 g/mol. The summed E-state index contributed by atoms with van der Waals surface area (Å²) in [6.45, 7) is 5.57. The van der Waals surface area contributed by atoms with E-state index < -0.39 is 12.6 Å². The van der Waals surface area contributed by atoms with Gasteiger partial charge in [-0.05, 0) is 61.2 Å². The highest BCUT2D eigenvalue weighted by molar-refractivity contribution is 7.15. The van der Waals surface area contributed by atoms with Gasteiger partial charge in [0.1, 0.15) is 10.8 Å². The van der Waals surface area contributed by atoms with E-state index in [9.17, 15) is 9.59 Å². The van der Waals surface area contributed by atoms with Crippen LogP contribution in [0.3, 0.4) is 0 Å². The van der Waals surface area contributed by atoms with E-state index in [1.165, 1.54) is 0 Å². The Morgan fingerprint density at radius 3 is 2.53 bits per heavy atom. The van der Waals surface area contributed by atoms with Crippen molar-refractivity contribution in [2.24, 2.45) is 0 Å². The predicted molar refractivity (Wildman–Crippen MR) is 129 cm³/mol. The van der Waals surface area contributed by atoms with E-state index in [1.54, 1.807) is 48.6 Å². The Bertz CT molecular complexity index is 1160. The van der Waals surface area contributed by atoms with Gasteiger partial charge in [-0.25, -0.2) is 9.78 Å². The van der Waals surface area contributed by atoms with E-state index in [0.717, 1.165) is 21.1 Å². The highest BCUT2D eigenvalue weighted by Crippen LogP contribution is 2.37. The predicted octanol–water partition coefficient (Wildman–Crippen LogP) is 6.83. The van der Waals surface area contributed by atoms with Crippen LogP contribution in [-0.2, 0) is 11.2 Å². The largest absolute Gasteiger partial charge is 0.482 e. The molecule has 32 heavy (non-hydrogen) atoms. The van der Waals surface area contributed by atoms with Crippen molar-refractivity contribution >= 4 is 46.3 Å². The Kier molecular flexibility index (Phi) is 7.93. The fourth-order valence-corrected chi connectivity index (χ4v) is 4.98. The number of carboxylic acid groups (broad SMARTS) is 1. The first-order valence-electron chi connectivity index (χ1n) is 10.1. The number of hydrogen-bond donors (Lipinski definition) is 1. The molecule has 0 atom stereocenters. The summed E-state index contributed by atoms with van der Waals surface area (Å²) in [5, 5.41) is 10.7. The molecule has 0 unspecified atom stereocenters. The number of thiazole rings is 1. The SMILES string of the molecule is Cc1cc(C(=O)CCc2nc(-c3ccc(Cl)cc3Cl)sc2C(C)C)ccc1OCC(=O)O. The number of carboxylic acids is 1. The molecule has 0 spiro atoms. The number of hydrogen-bond acceptors (Lipinski definition) is 5. The Morgan fingerprint density at radius 2 is 1.91 bits per heavy atom. The molecular formula is C24H23Cl2NO4S. The third-order valence-corrected chi connectivity index (χ3v) is 6.83. The molecule has 0 fully saturated rings. The number of rotatable bonds is 9. The normalized spacial score (nSPS) is 11.1. The van der Waals surface area contributed by atoms with E-state index in [1.807, 2.05) is 6.07 Å². The maximum atomic E-state index is 12.8. The first-order chi connectivity index (χ1) is 15.2. The molecule has 0 amide bonds. The molecule has 168 valence electrons. The molecule has 0 bridgehead atoms. The van der Waals surface area contributed by atoms with Crippen LogP contribution in [-0.4, -0.2) is 28.4 Å². The van der Waals surface area contributed by atoms with Crippen molar-refractivity contribution in [2.45, 2.75) is 39.5 Å². The van der Waals surface area contributed by atoms with Crippen LogP contribution in [0.2, 0.25) is 10.0 Å². The summed E-state index contributed by atoms with van der Waals surface area (Å²) in [4.78, 5) is 29.4. The Balaban J connectivity index is 1.76. The number of carbonyl (C=O) groups excluding carboxylic acids is 1. The summed E-state index contributed by atoms with van der Waals surface area (Å²) < 4.78 is 5.23. The Labute approximate surface area is 201 Å². The van der Waals surface area contributed by atoms with Crippen LogP contribution in [0.25, 0.3) is 10.6 Å². The van der Waals surface area contributed by atoms with E-state index in [4.69, 9.17) is 38.0 Å². The van der Waals surface area contributed by atoms with Crippen LogP contribution in [0.1, 0.15) is 52.7 Å². The molecule has 0 aliphatic heterocycles. The molecule has 1 N–H and O–H groups in total. The molecule has 1 aromatic heterocycles. The number of ether oxygens (including phenoxy) is 1. The molecule has 2 aromatic carbocycles.